The second-order valence-electron chi connectivity index (χ2n) is 5.27. The molecule has 1 aliphatic heterocycles. The van der Waals surface area contributed by atoms with Gasteiger partial charge in [-0.15, -0.1) is 0 Å². The van der Waals surface area contributed by atoms with Gasteiger partial charge in [-0.3, -0.25) is 14.9 Å². The second-order valence-corrected chi connectivity index (χ2v) is 5.27. The molecule has 1 aliphatic rings. The van der Waals surface area contributed by atoms with Gasteiger partial charge in [0.25, 0.3) is 5.91 Å². The van der Waals surface area contributed by atoms with Crippen LogP contribution in [0.2, 0.25) is 0 Å². The molecule has 0 unspecified atom stereocenters. The van der Waals surface area contributed by atoms with Crippen molar-refractivity contribution in [2.24, 2.45) is 0 Å². The van der Waals surface area contributed by atoms with Gasteiger partial charge in [0.15, 0.2) is 11.5 Å². The number of fused-ring (bicyclic) bond motifs is 2. The van der Waals surface area contributed by atoms with E-state index in [1.54, 1.807) is 24.5 Å². The average molecular weight is 326 g/mol. The molecule has 1 amide bonds. The number of hydrogen-bond acceptors (Lipinski definition) is 5. The minimum absolute atomic E-state index is 0.0413. The number of imidazole rings is 1. The minimum Gasteiger partial charge on any atom is -0.454 e. The van der Waals surface area contributed by atoms with E-state index in [2.05, 4.69) is 15.3 Å². The number of H-pyrrole nitrogens is 1. The van der Waals surface area contributed by atoms with Crippen LogP contribution in [0.25, 0.3) is 10.9 Å². The lowest BCUT2D eigenvalue weighted by atomic mass is 10.1. The Labute approximate surface area is 136 Å². The van der Waals surface area contributed by atoms with Gasteiger partial charge >= 0.3 is 0 Å². The van der Waals surface area contributed by atoms with Gasteiger partial charge < -0.3 is 19.0 Å². The summed E-state index contributed by atoms with van der Waals surface area (Å²) in [6.07, 6.45) is 4.65. The summed E-state index contributed by atoms with van der Waals surface area (Å²) in [4.78, 5) is 31.9. The number of rotatable bonds is 3. The molecule has 0 radical (unpaired) electrons. The van der Waals surface area contributed by atoms with E-state index in [0.29, 0.717) is 28.9 Å². The fraction of sp³-hybridized carbons (Fsp3) is 0.188. The van der Waals surface area contributed by atoms with Gasteiger partial charge in [0.05, 0.1) is 10.9 Å². The fourth-order valence-electron chi connectivity index (χ4n) is 2.71. The molecule has 0 spiro atoms. The summed E-state index contributed by atoms with van der Waals surface area (Å²) in [5, 5.41) is 2.98. The number of carbonyl (C=O) groups excluding carboxylic acids is 1. The second kappa shape index (κ2) is 5.41. The molecule has 0 atom stereocenters. The zero-order valence-corrected chi connectivity index (χ0v) is 12.8. The summed E-state index contributed by atoms with van der Waals surface area (Å²) < 4.78 is 12.5. The first kappa shape index (κ1) is 14.3. The van der Waals surface area contributed by atoms with Crippen LogP contribution < -0.4 is 20.2 Å². The Morgan fingerprint density at radius 1 is 1.38 bits per heavy atom. The third-order valence-electron chi connectivity index (χ3n) is 3.89. The lowest BCUT2D eigenvalue weighted by Crippen LogP contribution is -2.24. The van der Waals surface area contributed by atoms with Crippen LogP contribution >= 0.6 is 0 Å². The zero-order valence-electron chi connectivity index (χ0n) is 12.8. The molecule has 3 heterocycles. The number of ether oxygens (including phenoxy) is 2. The molecule has 4 rings (SSSR count). The fourth-order valence-corrected chi connectivity index (χ4v) is 2.71. The van der Waals surface area contributed by atoms with Crippen LogP contribution in [-0.2, 0) is 6.54 Å². The van der Waals surface area contributed by atoms with Crippen molar-refractivity contribution in [3.05, 3.63) is 46.5 Å². The van der Waals surface area contributed by atoms with E-state index in [4.69, 9.17) is 9.47 Å². The van der Waals surface area contributed by atoms with E-state index < -0.39 is 5.91 Å². The van der Waals surface area contributed by atoms with Crippen LogP contribution in [0.4, 0.5) is 5.95 Å². The highest BCUT2D eigenvalue weighted by molar-refractivity contribution is 6.05. The normalized spacial score (nSPS) is 12.5. The van der Waals surface area contributed by atoms with Gasteiger partial charge in [-0.25, -0.2) is 4.98 Å². The molecular formula is C16H14N4O4. The van der Waals surface area contributed by atoms with Crippen LogP contribution in [0.15, 0.2) is 35.5 Å². The number of aromatic amines is 1. The highest BCUT2D eigenvalue weighted by Crippen LogP contribution is 2.35. The molecule has 0 saturated heterocycles. The molecule has 0 saturated carbocycles. The maximum atomic E-state index is 12.8. The van der Waals surface area contributed by atoms with E-state index in [1.165, 1.54) is 6.20 Å². The van der Waals surface area contributed by atoms with Crippen molar-refractivity contribution < 1.29 is 14.3 Å². The third kappa shape index (κ3) is 2.19. The first-order valence-electron chi connectivity index (χ1n) is 7.45. The number of nitrogens with one attached hydrogen (secondary N) is 2. The van der Waals surface area contributed by atoms with Crippen LogP contribution in [-0.4, -0.2) is 27.2 Å². The predicted molar refractivity (Wildman–Crippen MR) is 86.5 cm³/mol. The van der Waals surface area contributed by atoms with Crippen molar-refractivity contribution in [2.75, 3.05) is 12.1 Å². The van der Waals surface area contributed by atoms with Gasteiger partial charge in [-0.2, -0.15) is 0 Å². The Morgan fingerprint density at radius 3 is 2.88 bits per heavy atom. The van der Waals surface area contributed by atoms with Crippen molar-refractivity contribution in [3.63, 3.8) is 0 Å². The van der Waals surface area contributed by atoms with Crippen LogP contribution in [0.3, 0.4) is 0 Å². The van der Waals surface area contributed by atoms with Gasteiger partial charge in [0.2, 0.25) is 18.2 Å². The van der Waals surface area contributed by atoms with Crippen molar-refractivity contribution in [1.29, 1.82) is 0 Å². The minimum atomic E-state index is -0.517. The molecule has 8 nitrogen and oxygen atoms in total. The molecule has 1 aromatic carbocycles. The number of anilines is 1. The molecule has 0 fully saturated rings. The smallest absolute Gasteiger partial charge is 0.263 e. The lowest BCUT2D eigenvalue weighted by Gasteiger charge is -2.12. The Morgan fingerprint density at radius 2 is 2.17 bits per heavy atom. The molecule has 0 bridgehead atoms. The number of aryl methyl sites for hydroxylation is 1. The van der Waals surface area contributed by atoms with Gasteiger partial charge in [-0.1, -0.05) is 0 Å². The van der Waals surface area contributed by atoms with Gasteiger partial charge in [0, 0.05) is 31.2 Å². The van der Waals surface area contributed by atoms with E-state index in [9.17, 15) is 9.59 Å². The first-order chi connectivity index (χ1) is 11.7. The topological polar surface area (TPSA) is 98.2 Å². The number of carbonyl (C=O) groups is 1. The van der Waals surface area contributed by atoms with E-state index in [0.717, 1.165) is 0 Å². The summed E-state index contributed by atoms with van der Waals surface area (Å²) in [5.41, 5.74) is 0.373. The van der Waals surface area contributed by atoms with E-state index >= 15 is 0 Å². The molecule has 3 aromatic rings. The summed E-state index contributed by atoms with van der Waals surface area (Å²) in [7, 11) is 0. The largest absolute Gasteiger partial charge is 0.454 e. The number of benzene rings is 1. The number of pyridine rings is 1. The molecule has 2 aromatic heterocycles. The summed E-state index contributed by atoms with van der Waals surface area (Å²) >= 11 is 0. The number of nitrogens with zero attached hydrogens (tertiary/aromatic N) is 2. The van der Waals surface area contributed by atoms with E-state index in [1.807, 2.05) is 11.5 Å². The Balaban J connectivity index is 1.87. The maximum Gasteiger partial charge on any atom is 0.263 e. The lowest BCUT2D eigenvalue weighted by molar-refractivity contribution is 0.102. The molecule has 122 valence electrons. The standard InChI is InChI=1S/C16H14N4O4/c1-2-20-7-10(15(22)19-16-17-3-4-18-16)14(21)9-5-12-13(6-11(9)20)24-8-23-12/h3-7H,2,8H2,1H3,(H2,17,18,19,22). The number of hydrogen-bond donors (Lipinski definition) is 2. The Hall–Kier alpha value is -3.29. The molecule has 8 heteroatoms. The molecule has 2 N–H and O–H groups in total. The highest BCUT2D eigenvalue weighted by atomic mass is 16.7. The summed E-state index contributed by atoms with van der Waals surface area (Å²) in [6.45, 7) is 2.65. The molecular weight excluding hydrogens is 312 g/mol. The maximum absolute atomic E-state index is 12.8. The Kier molecular flexibility index (Phi) is 3.23. The predicted octanol–water partition coefficient (Wildman–Crippen LogP) is 1.73. The number of aromatic nitrogens is 3. The van der Waals surface area contributed by atoms with Crippen LogP contribution in [0.1, 0.15) is 17.3 Å². The van der Waals surface area contributed by atoms with Crippen molar-refractivity contribution >= 4 is 22.8 Å². The first-order valence-corrected chi connectivity index (χ1v) is 7.45. The number of amides is 1. The third-order valence-corrected chi connectivity index (χ3v) is 3.89. The molecule has 0 aliphatic carbocycles. The Bertz CT molecular complexity index is 991. The average Bonchev–Trinajstić information content (AvgIpc) is 3.24. The van der Waals surface area contributed by atoms with Crippen molar-refractivity contribution in [1.82, 2.24) is 14.5 Å². The van der Waals surface area contributed by atoms with Crippen LogP contribution in [0.5, 0.6) is 11.5 Å². The van der Waals surface area contributed by atoms with Gasteiger partial charge in [-0.05, 0) is 13.0 Å². The van der Waals surface area contributed by atoms with Crippen molar-refractivity contribution in [2.45, 2.75) is 13.5 Å². The quantitative estimate of drug-likeness (QED) is 0.764. The highest BCUT2D eigenvalue weighted by Gasteiger charge is 2.20. The van der Waals surface area contributed by atoms with Crippen LogP contribution in [0, 0.1) is 0 Å². The molecule has 24 heavy (non-hydrogen) atoms. The van der Waals surface area contributed by atoms with E-state index in [-0.39, 0.29) is 23.7 Å². The monoisotopic (exact) mass is 326 g/mol. The van der Waals surface area contributed by atoms with Crippen molar-refractivity contribution in [3.8, 4) is 11.5 Å². The summed E-state index contributed by atoms with van der Waals surface area (Å²) in [6, 6.07) is 3.38. The SMILES string of the molecule is CCn1cc(C(=O)Nc2ncc[nH]2)c(=O)c2cc3c(cc21)OCO3. The van der Waals surface area contributed by atoms with Gasteiger partial charge in [0.1, 0.15) is 5.56 Å². The zero-order chi connectivity index (χ0) is 16.7. The summed E-state index contributed by atoms with van der Waals surface area (Å²) in [5.74, 6) is 0.868.